The summed E-state index contributed by atoms with van der Waals surface area (Å²) in [6.45, 7) is 1.34. The van der Waals surface area contributed by atoms with Gasteiger partial charge in [0, 0.05) is 12.4 Å². The number of amides is 1. The van der Waals surface area contributed by atoms with Crippen molar-refractivity contribution in [1.82, 2.24) is 9.88 Å². The smallest absolute Gasteiger partial charge is 0.268 e. The predicted octanol–water partition coefficient (Wildman–Crippen LogP) is 0.0723. The Morgan fingerprint density at radius 1 is 1.12 bits per heavy atom. The van der Waals surface area contributed by atoms with Crippen LogP contribution < -0.4 is 24.6 Å². The number of hydrogen-bond acceptors (Lipinski definition) is 6. The number of aryl methyl sites for hydroxylation is 1. The SMILES string of the molecule is COc1cc2cc(C(=O)N[C@@H](C)C(=O)[O-])n(C)c2c(OC)c1OC. The quantitative estimate of drug-likeness (QED) is 0.802. The van der Waals surface area contributed by atoms with Crippen LogP contribution in [-0.4, -0.2) is 43.8 Å². The van der Waals surface area contributed by atoms with Crippen LogP contribution in [0.4, 0.5) is 0 Å². The minimum atomic E-state index is -1.36. The maximum Gasteiger partial charge on any atom is 0.268 e. The normalized spacial score (nSPS) is 11.9. The fraction of sp³-hybridized carbons (Fsp3) is 0.375. The fourth-order valence-electron chi connectivity index (χ4n) is 2.53. The first-order valence-electron chi connectivity index (χ1n) is 7.15. The third kappa shape index (κ3) is 2.82. The molecule has 8 heteroatoms. The van der Waals surface area contributed by atoms with Crippen LogP contribution in [0, 0.1) is 0 Å². The van der Waals surface area contributed by atoms with E-state index in [1.165, 1.54) is 28.3 Å². The van der Waals surface area contributed by atoms with Crippen LogP contribution in [0.15, 0.2) is 12.1 Å². The minimum absolute atomic E-state index is 0.270. The molecule has 0 spiro atoms. The summed E-state index contributed by atoms with van der Waals surface area (Å²) in [5.74, 6) is -0.610. The van der Waals surface area contributed by atoms with Gasteiger partial charge in [-0.3, -0.25) is 4.79 Å². The second kappa shape index (κ2) is 6.69. The predicted molar refractivity (Wildman–Crippen MR) is 84.5 cm³/mol. The summed E-state index contributed by atoms with van der Waals surface area (Å²) < 4.78 is 17.7. The van der Waals surface area contributed by atoms with Crippen LogP contribution in [0.25, 0.3) is 10.9 Å². The van der Waals surface area contributed by atoms with Gasteiger partial charge < -0.3 is 34.0 Å². The summed E-state index contributed by atoms with van der Waals surface area (Å²) >= 11 is 0. The Morgan fingerprint density at radius 3 is 2.25 bits per heavy atom. The van der Waals surface area contributed by atoms with E-state index in [4.69, 9.17) is 14.2 Å². The van der Waals surface area contributed by atoms with Gasteiger partial charge in [-0.05, 0) is 19.1 Å². The maximum atomic E-state index is 12.3. The number of hydrogen-bond donors (Lipinski definition) is 1. The lowest BCUT2D eigenvalue weighted by atomic mass is 10.2. The summed E-state index contributed by atoms with van der Waals surface area (Å²) in [6.07, 6.45) is 0. The van der Waals surface area contributed by atoms with Gasteiger partial charge in [0.2, 0.25) is 5.75 Å². The maximum absolute atomic E-state index is 12.3. The van der Waals surface area contributed by atoms with E-state index in [2.05, 4.69) is 5.32 Å². The van der Waals surface area contributed by atoms with Crippen LogP contribution in [0.3, 0.4) is 0 Å². The van der Waals surface area contributed by atoms with E-state index < -0.39 is 17.9 Å². The zero-order valence-corrected chi connectivity index (χ0v) is 14.1. The fourth-order valence-corrected chi connectivity index (χ4v) is 2.53. The third-order valence-corrected chi connectivity index (χ3v) is 3.76. The monoisotopic (exact) mass is 335 g/mol. The van der Waals surface area contributed by atoms with Gasteiger partial charge in [-0.1, -0.05) is 0 Å². The lowest BCUT2D eigenvalue weighted by molar-refractivity contribution is -0.307. The second-order valence-corrected chi connectivity index (χ2v) is 5.19. The number of carbonyl (C=O) groups excluding carboxylic acids is 2. The standard InChI is InChI=1S/C16H20N2O6/c1-8(16(20)21)17-15(19)10-6-9-7-11(22-3)13(23-4)14(24-5)12(9)18(10)2/h6-8H,1-5H3,(H,17,19)(H,20,21)/p-1/t8-/m0/s1. The molecule has 1 N–H and O–H groups in total. The summed E-state index contributed by atoms with van der Waals surface area (Å²) in [5, 5.41) is 13.9. The van der Waals surface area contributed by atoms with Crippen LogP contribution in [0.5, 0.6) is 17.2 Å². The van der Waals surface area contributed by atoms with Crippen LogP contribution >= 0.6 is 0 Å². The van der Waals surface area contributed by atoms with Crippen molar-refractivity contribution in [2.75, 3.05) is 21.3 Å². The molecular formula is C16H19N2O6-. The Morgan fingerprint density at radius 2 is 1.75 bits per heavy atom. The molecule has 8 nitrogen and oxygen atoms in total. The zero-order chi connectivity index (χ0) is 18.0. The van der Waals surface area contributed by atoms with Crippen molar-refractivity contribution in [1.29, 1.82) is 0 Å². The van der Waals surface area contributed by atoms with E-state index in [1.54, 1.807) is 23.7 Å². The summed E-state index contributed by atoms with van der Waals surface area (Å²) in [4.78, 5) is 23.1. The highest BCUT2D eigenvalue weighted by atomic mass is 16.5. The topological polar surface area (TPSA) is 102 Å². The van der Waals surface area contributed by atoms with E-state index in [-0.39, 0.29) is 5.69 Å². The van der Waals surface area contributed by atoms with Crippen molar-refractivity contribution in [3.8, 4) is 17.2 Å². The zero-order valence-electron chi connectivity index (χ0n) is 14.1. The number of fused-ring (bicyclic) bond motifs is 1. The van der Waals surface area contributed by atoms with E-state index in [0.717, 1.165) is 0 Å². The van der Waals surface area contributed by atoms with Crippen molar-refractivity contribution in [3.63, 3.8) is 0 Å². The molecule has 24 heavy (non-hydrogen) atoms. The molecule has 0 saturated carbocycles. The average Bonchev–Trinajstić information content (AvgIpc) is 2.89. The molecule has 1 atom stereocenters. The Balaban J connectivity index is 2.61. The lowest BCUT2D eigenvalue weighted by Gasteiger charge is -2.16. The summed E-state index contributed by atoms with van der Waals surface area (Å²) in [7, 11) is 6.16. The van der Waals surface area contributed by atoms with E-state index in [9.17, 15) is 14.7 Å². The number of methoxy groups -OCH3 is 3. The molecule has 130 valence electrons. The first-order chi connectivity index (χ1) is 11.3. The molecule has 1 aromatic carbocycles. The Labute approximate surface area is 138 Å². The van der Waals surface area contributed by atoms with E-state index in [0.29, 0.717) is 28.2 Å². The highest BCUT2D eigenvalue weighted by molar-refractivity contribution is 6.02. The second-order valence-electron chi connectivity index (χ2n) is 5.19. The third-order valence-electron chi connectivity index (χ3n) is 3.76. The molecule has 0 fully saturated rings. The first kappa shape index (κ1) is 17.5. The Kier molecular flexibility index (Phi) is 4.87. The highest BCUT2D eigenvalue weighted by Gasteiger charge is 2.23. The molecule has 2 rings (SSSR count). The van der Waals surface area contributed by atoms with Crippen molar-refractivity contribution in [3.05, 3.63) is 17.8 Å². The molecule has 0 radical (unpaired) electrons. The van der Waals surface area contributed by atoms with Gasteiger partial charge in [0.15, 0.2) is 11.5 Å². The van der Waals surface area contributed by atoms with Gasteiger partial charge in [0.25, 0.3) is 5.91 Å². The number of benzene rings is 1. The number of rotatable bonds is 6. The number of carboxylic acid groups (broad SMARTS) is 1. The Hall–Kier alpha value is -2.90. The van der Waals surface area contributed by atoms with Gasteiger partial charge in [-0.25, -0.2) is 0 Å². The van der Waals surface area contributed by atoms with Crippen LogP contribution in [0.2, 0.25) is 0 Å². The first-order valence-corrected chi connectivity index (χ1v) is 7.15. The van der Waals surface area contributed by atoms with Crippen LogP contribution in [0.1, 0.15) is 17.4 Å². The molecule has 1 amide bonds. The van der Waals surface area contributed by atoms with Crippen molar-refractivity contribution < 1.29 is 28.9 Å². The average molecular weight is 335 g/mol. The van der Waals surface area contributed by atoms with Gasteiger partial charge in [0.1, 0.15) is 5.69 Å². The van der Waals surface area contributed by atoms with Crippen molar-refractivity contribution in [2.24, 2.45) is 7.05 Å². The molecular weight excluding hydrogens is 316 g/mol. The highest BCUT2D eigenvalue weighted by Crippen LogP contribution is 2.44. The molecule has 0 aliphatic rings. The largest absolute Gasteiger partial charge is 0.548 e. The molecule has 1 heterocycles. The number of nitrogens with zero attached hydrogens (tertiary/aromatic N) is 1. The van der Waals surface area contributed by atoms with Crippen LogP contribution in [-0.2, 0) is 11.8 Å². The van der Waals surface area contributed by atoms with Gasteiger partial charge >= 0.3 is 0 Å². The molecule has 0 bridgehead atoms. The molecule has 0 aliphatic carbocycles. The number of ether oxygens (including phenoxy) is 3. The number of carbonyl (C=O) groups is 2. The van der Waals surface area contributed by atoms with E-state index >= 15 is 0 Å². The molecule has 1 aromatic heterocycles. The number of nitrogens with one attached hydrogen (secondary N) is 1. The molecule has 0 aliphatic heterocycles. The van der Waals surface area contributed by atoms with Gasteiger partial charge in [-0.15, -0.1) is 0 Å². The Bertz CT molecular complexity index is 796. The summed E-state index contributed by atoms with van der Waals surface area (Å²) in [6, 6.07) is 2.23. The van der Waals surface area contributed by atoms with E-state index in [1.807, 2.05) is 0 Å². The van der Waals surface area contributed by atoms with Gasteiger partial charge in [0.05, 0.1) is 38.9 Å². The minimum Gasteiger partial charge on any atom is -0.548 e. The molecule has 2 aromatic rings. The van der Waals surface area contributed by atoms with Gasteiger partial charge in [-0.2, -0.15) is 0 Å². The lowest BCUT2D eigenvalue weighted by Crippen LogP contribution is -2.46. The molecule has 0 unspecified atom stereocenters. The van der Waals surface area contributed by atoms with Crippen molar-refractivity contribution in [2.45, 2.75) is 13.0 Å². The molecule has 0 saturated heterocycles. The number of aromatic nitrogens is 1. The summed E-state index contributed by atoms with van der Waals surface area (Å²) in [5.41, 5.74) is 0.896. The van der Waals surface area contributed by atoms with Crippen molar-refractivity contribution >= 4 is 22.8 Å². The number of carboxylic acids is 1. The number of aliphatic carboxylic acids is 1.